The normalized spacial score (nSPS) is 12.2. The third-order valence-electron chi connectivity index (χ3n) is 2.09. The number of carbonyl (C=O) groups is 2. The summed E-state index contributed by atoms with van der Waals surface area (Å²) in [5.41, 5.74) is 5.70. The number of benzene rings is 1. The smallest absolute Gasteiger partial charge is 0.325 e. The van der Waals surface area contributed by atoms with Crippen LogP contribution >= 0.6 is 0 Å². The van der Waals surface area contributed by atoms with Crippen molar-refractivity contribution in [2.24, 2.45) is 5.73 Å². The molecule has 0 fully saturated rings. The Balaban J connectivity index is 3.33. The number of aliphatic carboxylic acids is 1. The number of rotatable bonds is 3. The molecule has 0 spiro atoms. The first-order valence-electron chi connectivity index (χ1n) is 4.21. The van der Waals surface area contributed by atoms with E-state index in [1.54, 1.807) is 0 Å². The Morgan fingerprint density at radius 1 is 1.60 bits per heavy atom. The van der Waals surface area contributed by atoms with Crippen LogP contribution in [0, 0.1) is 12.7 Å². The first-order valence-corrected chi connectivity index (χ1v) is 4.21. The Hall–Kier alpha value is -1.75. The van der Waals surface area contributed by atoms with Gasteiger partial charge in [0.2, 0.25) is 0 Å². The maximum atomic E-state index is 13.1. The van der Waals surface area contributed by atoms with E-state index in [1.165, 1.54) is 13.0 Å². The number of nitrogens with two attached hydrogens (primary N) is 1. The monoisotopic (exact) mass is 211 g/mol. The summed E-state index contributed by atoms with van der Waals surface area (Å²) in [6.45, 7) is 1.47. The van der Waals surface area contributed by atoms with E-state index in [2.05, 4.69) is 0 Å². The van der Waals surface area contributed by atoms with Crippen LogP contribution in [0.25, 0.3) is 0 Å². The lowest BCUT2D eigenvalue weighted by Crippen LogP contribution is -2.22. The predicted molar refractivity (Wildman–Crippen MR) is 51.1 cm³/mol. The maximum Gasteiger partial charge on any atom is 0.325 e. The molecule has 0 aliphatic carbocycles. The van der Waals surface area contributed by atoms with Gasteiger partial charge >= 0.3 is 5.97 Å². The molecular weight excluding hydrogens is 201 g/mol. The minimum absolute atomic E-state index is 0.0343. The molecule has 3 N–H and O–H groups in total. The second kappa shape index (κ2) is 4.18. The van der Waals surface area contributed by atoms with Gasteiger partial charge < -0.3 is 10.8 Å². The van der Waals surface area contributed by atoms with Crippen LogP contribution in [0.1, 0.15) is 27.5 Å². The number of halogens is 1. The van der Waals surface area contributed by atoms with Gasteiger partial charge in [-0.1, -0.05) is 6.07 Å². The van der Waals surface area contributed by atoms with Crippen LogP contribution in [0.5, 0.6) is 0 Å². The number of carbonyl (C=O) groups excluding carboxylic acids is 1. The fourth-order valence-electron chi connectivity index (χ4n) is 1.22. The summed E-state index contributed by atoms with van der Waals surface area (Å²) in [6.07, 6.45) is 0.390. The highest BCUT2D eigenvalue weighted by Crippen LogP contribution is 2.19. The van der Waals surface area contributed by atoms with Gasteiger partial charge in [0.1, 0.15) is 11.9 Å². The highest BCUT2D eigenvalue weighted by atomic mass is 19.1. The van der Waals surface area contributed by atoms with Gasteiger partial charge in [-0.15, -0.1) is 0 Å². The zero-order valence-electron chi connectivity index (χ0n) is 8.03. The SMILES string of the molecule is Cc1cc(C(N)C(=O)O)c(C=O)cc1F. The van der Waals surface area contributed by atoms with Gasteiger partial charge in [-0.2, -0.15) is 0 Å². The molecule has 1 atom stereocenters. The summed E-state index contributed by atoms with van der Waals surface area (Å²) in [5, 5.41) is 8.68. The molecule has 5 heteroatoms. The molecule has 0 amide bonds. The molecule has 4 nitrogen and oxygen atoms in total. The first kappa shape index (κ1) is 11.3. The number of carboxylic acid groups (broad SMARTS) is 1. The van der Waals surface area contributed by atoms with E-state index < -0.39 is 17.8 Å². The summed E-state index contributed by atoms with van der Waals surface area (Å²) in [4.78, 5) is 21.2. The topological polar surface area (TPSA) is 80.4 Å². The van der Waals surface area contributed by atoms with Crippen molar-refractivity contribution in [1.82, 2.24) is 0 Å². The predicted octanol–water partition coefficient (Wildman–Crippen LogP) is 1.03. The standard InChI is InChI=1S/C10H10FNO3/c1-5-2-7(9(12)10(14)15)6(4-13)3-8(5)11/h2-4,9H,12H2,1H3,(H,14,15). The van der Waals surface area contributed by atoms with Crippen LogP contribution in [0.4, 0.5) is 4.39 Å². The van der Waals surface area contributed by atoms with E-state index in [0.717, 1.165) is 6.07 Å². The minimum atomic E-state index is -1.32. The lowest BCUT2D eigenvalue weighted by Gasteiger charge is -2.10. The molecule has 0 aliphatic rings. The molecule has 0 saturated carbocycles. The van der Waals surface area contributed by atoms with Gasteiger partial charge in [0, 0.05) is 5.56 Å². The summed E-state index contributed by atoms with van der Waals surface area (Å²) in [5.74, 6) is -1.82. The Morgan fingerprint density at radius 3 is 2.67 bits per heavy atom. The zero-order valence-corrected chi connectivity index (χ0v) is 8.03. The average molecular weight is 211 g/mol. The van der Waals surface area contributed by atoms with Gasteiger partial charge in [0.05, 0.1) is 0 Å². The Labute approximate surface area is 85.5 Å². The minimum Gasteiger partial charge on any atom is -0.480 e. The number of aryl methyl sites for hydroxylation is 1. The maximum absolute atomic E-state index is 13.1. The summed E-state index contributed by atoms with van der Waals surface area (Å²) in [6, 6.07) is 0.947. The quantitative estimate of drug-likeness (QED) is 0.732. The largest absolute Gasteiger partial charge is 0.480 e. The van der Waals surface area contributed by atoms with Crippen LogP contribution in [0.2, 0.25) is 0 Å². The van der Waals surface area contributed by atoms with Crippen LogP contribution in [0.15, 0.2) is 12.1 Å². The third kappa shape index (κ3) is 2.19. The molecule has 0 saturated heterocycles. The van der Waals surface area contributed by atoms with E-state index in [9.17, 15) is 14.0 Å². The van der Waals surface area contributed by atoms with Crippen molar-refractivity contribution in [1.29, 1.82) is 0 Å². The molecule has 0 aromatic heterocycles. The van der Waals surface area contributed by atoms with Crippen molar-refractivity contribution in [3.8, 4) is 0 Å². The highest BCUT2D eigenvalue weighted by molar-refractivity contribution is 5.83. The average Bonchev–Trinajstić information content (AvgIpc) is 2.20. The zero-order chi connectivity index (χ0) is 11.6. The number of aldehydes is 1. The fraction of sp³-hybridized carbons (Fsp3) is 0.200. The van der Waals surface area contributed by atoms with Crippen molar-refractivity contribution in [2.45, 2.75) is 13.0 Å². The number of hydrogen-bond acceptors (Lipinski definition) is 3. The van der Waals surface area contributed by atoms with Crippen LogP contribution in [-0.2, 0) is 4.79 Å². The van der Waals surface area contributed by atoms with Crippen LogP contribution in [-0.4, -0.2) is 17.4 Å². The van der Waals surface area contributed by atoms with Gasteiger partial charge in [0.15, 0.2) is 6.29 Å². The molecule has 1 unspecified atom stereocenters. The van der Waals surface area contributed by atoms with E-state index in [0.29, 0.717) is 6.29 Å². The second-order valence-corrected chi connectivity index (χ2v) is 3.16. The second-order valence-electron chi connectivity index (χ2n) is 3.16. The van der Waals surface area contributed by atoms with Crippen LogP contribution < -0.4 is 5.73 Å². The van der Waals surface area contributed by atoms with E-state index >= 15 is 0 Å². The molecule has 80 valence electrons. The summed E-state index contributed by atoms with van der Waals surface area (Å²) in [7, 11) is 0. The van der Waals surface area contributed by atoms with Gasteiger partial charge in [-0.3, -0.25) is 9.59 Å². The molecule has 0 aliphatic heterocycles. The molecular formula is C10H10FNO3. The molecule has 0 heterocycles. The van der Waals surface area contributed by atoms with E-state index in [4.69, 9.17) is 10.8 Å². The van der Waals surface area contributed by atoms with Gasteiger partial charge in [0.25, 0.3) is 0 Å². The summed E-state index contributed by atoms with van der Waals surface area (Å²) >= 11 is 0. The Kier molecular flexibility index (Phi) is 3.16. The lowest BCUT2D eigenvalue weighted by atomic mass is 9.99. The van der Waals surface area contributed by atoms with Crippen molar-refractivity contribution < 1.29 is 19.1 Å². The van der Waals surface area contributed by atoms with Crippen LogP contribution in [0.3, 0.4) is 0 Å². The van der Waals surface area contributed by atoms with E-state index in [-0.39, 0.29) is 16.7 Å². The molecule has 0 bridgehead atoms. The highest BCUT2D eigenvalue weighted by Gasteiger charge is 2.19. The molecule has 0 radical (unpaired) electrons. The lowest BCUT2D eigenvalue weighted by molar-refractivity contribution is -0.138. The third-order valence-corrected chi connectivity index (χ3v) is 2.09. The number of hydrogen-bond donors (Lipinski definition) is 2. The van der Waals surface area contributed by atoms with Gasteiger partial charge in [-0.25, -0.2) is 4.39 Å². The molecule has 1 rings (SSSR count). The fourth-order valence-corrected chi connectivity index (χ4v) is 1.22. The Morgan fingerprint density at radius 2 is 2.20 bits per heavy atom. The molecule has 1 aromatic carbocycles. The van der Waals surface area contributed by atoms with Crippen molar-refractivity contribution in [3.05, 3.63) is 34.6 Å². The summed E-state index contributed by atoms with van der Waals surface area (Å²) < 4.78 is 13.1. The molecule has 1 aromatic rings. The van der Waals surface area contributed by atoms with E-state index in [1.807, 2.05) is 0 Å². The Bertz CT molecular complexity index is 417. The van der Waals surface area contributed by atoms with Crippen molar-refractivity contribution in [2.75, 3.05) is 0 Å². The molecule has 15 heavy (non-hydrogen) atoms. The van der Waals surface area contributed by atoms with Crippen molar-refractivity contribution in [3.63, 3.8) is 0 Å². The first-order chi connectivity index (χ1) is 6.97. The van der Waals surface area contributed by atoms with Crippen molar-refractivity contribution >= 4 is 12.3 Å². The van der Waals surface area contributed by atoms with Gasteiger partial charge in [-0.05, 0) is 24.1 Å². The number of carboxylic acids is 1.